The number of H-pyrrole nitrogens is 1. The first-order valence-corrected chi connectivity index (χ1v) is 8.95. The van der Waals surface area contributed by atoms with E-state index in [0.717, 1.165) is 37.6 Å². The lowest BCUT2D eigenvalue weighted by atomic mass is 9.93. The first kappa shape index (κ1) is 16.0. The third-order valence-electron chi connectivity index (χ3n) is 5.16. The second-order valence-electron chi connectivity index (χ2n) is 6.90. The first-order valence-electron chi connectivity index (χ1n) is 8.95. The molecule has 6 nitrogen and oxygen atoms in total. The minimum absolute atomic E-state index is 0.674. The Morgan fingerprint density at radius 2 is 1.96 bits per heavy atom. The molecule has 1 fully saturated rings. The summed E-state index contributed by atoms with van der Waals surface area (Å²) in [7, 11) is 0. The topological polar surface area (TPSA) is 62.6 Å². The number of nitrogens with zero attached hydrogens (tertiary/aromatic N) is 5. The number of likely N-dealkylation sites (tertiary alicyclic amines) is 1. The Bertz CT molecular complexity index is 798. The Hall–Kier alpha value is -2.47. The van der Waals surface area contributed by atoms with Crippen molar-refractivity contribution in [2.45, 2.75) is 32.7 Å². The minimum atomic E-state index is 0.674. The van der Waals surface area contributed by atoms with Gasteiger partial charge in [-0.25, -0.2) is 0 Å². The Balaban J connectivity index is 1.35. The summed E-state index contributed by atoms with van der Waals surface area (Å²) in [5, 5.41) is 15.6. The maximum atomic E-state index is 4.37. The van der Waals surface area contributed by atoms with Gasteiger partial charge in [0.2, 0.25) is 0 Å². The number of benzene rings is 1. The zero-order chi connectivity index (χ0) is 17.1. The molecule has 4 rings (SSSR count). The van der Waals surface area contributed by atoms with Crippen LogP contribution in [0.25, 0.3) is 5.69 Å². The molecule has 1 aromatic carbocycles. The lowest BCUT2D eigenvalue weighted by Gasteiger charge is -2.31. The van der Waals surface area contributed by atoms with Crippen LogP contribution in [0, 0.1) is 12.8 Å². The smallest absolute Gasteiger partial charge is 0.137 e. The van der Waals surface area contributed by atoms with Crippen LogP contribution in [-0.4, -0.2) is 43.0 Å². The van der Waals surface area contributed by atoms with E-state index >= 15 is 0 Å². The Morgan fingerprint density at radius 1 is 1.16 bits per heavy atom. The van der Waals surface area contributed by atoms with Gasteiger partial charge in [-0.05, 0) is 50.9 Å². The molecule has 0 radical (unpaired) electrons. The average Bonchev–Trinajstić information content (AvgIpc) is 3.27. The SMILES string of the molecule is Cc1[nH]ncc1CN1CCC(Cc2nncn2-c2ccccc2)CC1. The van der Waals surface area contributed by atoms with Gasteiger partial charge in [0, 0.05) is 29.9 Å². The monoisotopic (exact) mass is 336 g/mol. The largest absolute Gasteiger partial charge is 0.299 e. The lowest BCUT2D eigenvalue weighted by molar-refractivity contribution is 0.175. The molecule has 1 aliphatic heterocycles. The minimum Gasteiger partial charge on any atom is -0.299 e. The predicted molar refractivity (Wildman–Crippen MR) is 96.4 cm³/mol. The molecule has 1 saturated heterocycles. The van der Waals surface area contributed by atoms with Crippen molar-refractivity contribution in [2.24, 2.45) is 5.92 Å². The van der Waals surface area contributed by atoms with Gasteiger partial charge in [-0.15, -0.1) is 10.2 Å². The lowest BCUT2D eigenvalue weighted by Crippen LogP contribution is -2.34. The number of rotatable bonds is 5. The summed E-state index contributed by atoms with van der Waals surface area (Å²) in [6.07, 6.45) is 7.18. The highest BCUT2D eigenvalue weighted by atomic mass is 15.3. The summed E-state index contributed by atoms with van der Waals surface area (Å²) >= 11 is 0. The quantitative estimate of drug-likeness (QED) is 0.778. The van der Waals surface area contributed by atoms with E-state index in [4.69, 9.17) is 0 Å². The fourth-order valence-electron chi connectivity index (χ4n) is 3.59. The normalized spacial score (nSPS) is 16.4. The third kappa shape index (κ3) is 3.64. The Labute approximate surface area is 147 Å². The van der Waals surface area contributed by atoms with E-state index in [1.807, 2.05) is 18.6 Å². The van der Waals surface area contributed by atoms with Crippen molar-refractivity contribution in [1.29, 1.82) is 0 Å². The van der Waals surface area contributed by atoms with Crippen LogP contribution in [-0.2, 0) is 13.0 Å². The number of piperidine rings is 1. The molecule has 1 N–H and O–H groups in total. The molecule has 0 bridgehead atoms. The molecule has 6 heteroatoms. The van der Waals surface area contributed by atoms with E-state index < -0.39 is 0 Å². The highest BCUT2D eigenvalue weighted by Gasteiger charge is 2.22. The van der Waals surface area contributed by atoms with Crippen LogP contribution < -0.4 is 0 Å². The molecular weight excluding hydrogens is 312 g/mol. The van der Waals surface area contributed by atoms with Gasteiger partial charge in [0.15, 0.2) is 0 Å². The number of aryl methyl sites for hydroxylation is 1. The van der Waals surface area contributed by atoms with E-state index in [-0.39, 0.29) is 0 Å². The van der Waals surface area contributed by atoms with Crippen LogP contribution in [0.15, 0.2) is 42.9 Å². The number of nitrogens with one attached hydrogen (secondary N) is 1. The molecule has 2 aromatic heterocycles. The van der Waals surface area contributed by atoms with Crippen molar-refractivity contribution < 1.29 is 0 Å². The summed E-state index contributed by atoms with van der Waals surface area (Å²) < 4.78 is 2.11. The molecule has 3 heterocycles. The van der Waals surface area contributed by atoms with Gasteiger partial charge in [0.25, 0.3) is 0 Å². The number of para-hydroxylation sites is 1. The van der Waals surface area contributed by atoms with Gasteiger partial charge < -0.3 is 0 Å². The Morgan fingerprint density at radius 3 is 2.68 bits per heavy atom. The zero-order valence-electron chi connectivity index (χ0n) is 14.6. The van der Waals surface area contributed by atoms with Gasteiger partial charge in [-0.3, -0.25) is 14.6 Å². The molecule has 25 heavy (non-hydrogen) atoms. The summed E-state index contributed by atoms with van der Waals surface area (Å²) in [5.74, 6) is 1.74. The van der Waals surface area contributed by atoms with Gasteiger partial charge >= 0.3 is 0 Å². The molecule has 130 valence electrons. The second kappa shape index (κ2) is 7.19. The van der Waals surface area contributed by atoms with Crippen molar-refractivity contribution in [3.8, 4) is 5.69 Å². The van der Waals surface area contributed by atoms with Crippen LogP contribution in [0.4, 0.5) is 0 Å². The van der Waals surface area contributed by atoms with E-state index in [9.17, 15) is 0 Å². The molecule has 0 saturated carbocycles. The van der Waals surface area contributed by atoms with Crippen molar-refractivity contribution in [2.75, 3.05) is 13.1 Å². The fourth-order valence-corrected chi connectivity index (χ4v) is 3.59. The molecule has 0 atom stereocenters. The molecule has 1 aliphatic rings. The van der Waals surface area contributed by atoms with Crippen LogP contribution in [0.2, 0.25) is 0 Å². The van der Waals surface area contributed by atoms with E-state index in [1.54, 1.807) is 0 Å². The van der Waals surface area contributed by atoms with Crippen molar-refractivity contribution in [1.82, 2.24) is 29.9 Å². The summed E-state index contributed by atoms with van der Waals surface area (Å²) in [6.45, 7) is 5.35. The number of hydrogen-bond donors (Lipinski definition) is 1. The van der Waals surface area contributed by atoms with Crippen LogP contribution in [0.1, 0.15) is 29.9 Å². The first-order chi connectivity index (χ1) is 12.3. The Kier molecular flexibility index (Phi) is 4.61. The predicted octanol–water partition coefficient (Wildman–Crippen LogP) is 2.75. The van der Waals surface area contributed by atoms with Gasteiger partial charge in [-0.2, -0.15) is 5.10 Å². The zero-order valence-corrected chi connectivity index (χ0v) is 14.6. The molecular formula is C19H24N6. The van der Waals surface area contributed by atoms with E-state index in [0.29, 0.717) is 5.92 Å². The van der Waals surface area contributed by atoms with Gasteiger partial charge in [0.1, 0.15) is 12.2 Å². The maximum absolute atomic E-state index is 4.37. The van der Waals surface area contributed by atoms with Gasteiger partial charge in [-0.1, -0.05) is 18.2 Å². The highest BCUT2D eigenvalue weighted by molar-refractivity contribution is 5.32. The van der Waals surface area contributed by atoms with Crippen molar-refractivity contribution in [3.63, 3.8) is 0 Å². The summed E-state index contributed by atoms with van der Waals surface area (Å²) in [4.78, 5) is 2.52. The number of hydrogen-bond acceptors (Lipinski definition) is 4. The molecule has 0 aliphatic carbocycles. The summed E-state index contributed by atoms with van der Waals surface area (Å²) in [5.41, 5.74) is 3.62. The maximum Gasteiger partial charge on any atom is 0.137 e. The van der Waals surface area contributed by atoms with Crippen molar-refractivity contribution >= 4 is 0 Å². The standard InChI is InChI=1S/C19H24N6/c1-15-17(12-20-22-15)13-24-9-7-16(8-10-24)11-19-23-21-14-25(19)18-5-3-2-4-6-18/h2-6,12,14,16H,7-11,13H2,1H3,(H,20,22). The van der Waals surface area contributed by atoms with E-state index in [1.165, 1.54) is 24.1 Å². The molecule has 0 spiro atoms. The van der Waals surface area contributed by atoms with Crippen LogP contribution >= 0.6 is 0 Å². The van der Waals surface area contributed by atoms with Crippen molar-refractivity contribution in [3.05, 3.63) is 59.9 Å². The third-order valence-corrected chi connectivity index (χ3v) is 5.16. The molecule has 3 aromatic rings. The fraction of sp³-hybridized carbons (Fsp3) is 0.421. The number of aromatic amines is 1. The van der Waals surface area contributed by atoms with Crippen LogP contribution in [0.3, 0.4) is 0 Å². The second-order valence-corrected chi connectivity index (χ2v) is 6.90. The van der Waals surface area contributed by atoms with Gasteiger partial charge in [0.05, 0.1) is 6.20 Å². The number of aromatic nitrogens is 5. The molecule has 0 unspecified atom stereocenters. The molecule has 0 amide bonds. The highest BCUT2D eigenvalue weighted by Crippen LogP contribution is 2.23. The van der Waals surface area contributed by atoms with Crippen LogP contribution in [0.5, 0.6) is 0 Å². The van der Waals surface area contributed by atoms with E-state index in [2.05, 4.69) is 61.1 Å². The summed E-state index contributed by atoms with van der Waals surface area (Å²) in [6, 6.07) is 10.3. The average molecular weight is 336 g/mol.